The molecule has 2 aliphatic heterocycles. The van der Waals surface area contributed by atoms with Crippen molar-refractivity contribution in [1.82, 2.24) is 10.2 Å². The Labute approximate surface area is 161 Å². The third-order valence-electron chi connectivity index (χ3n) is 5.77. The standard InChI is InChI=1S/C21H20N2O5/c1-23-18(25)15-16(19(23)26)21(20(27)28-2,13-6-4-3-5-7-13)22-17(15)12-8-10-14(24)11-9-12/h3-11,15-17,22,24H,1-2H3/t15-,16+,17+,21-/m1/s1. The number of phenols is 1. The highest BCUT2D eigenvalue weighted by atomic mass is 16.5. The summed E-state index contributed by atoms with van der Waals surface area (Å²) in [5, 5.41) is 12.9. The van der Waals surface area contributed by atoms with E-state index in [2.05, 4.69) is 5.32 Å². The normalized spacial score (nSPS) is 29.1. The average molecular weight is 380 g/mol. The Balaban J connectivity index is 1.94. The third-order valence-corrected chi connectivity index (χ3v) is 5.77. The Morgan fingerprint density at radius 1 is 1.07 bits per heavy atom. The second-order valence-electron chi connectivity index (χ2n) is 7.12. The Bertz CT molecular complexity index is 943. The lowest BCUT2D eigenvalue weighted by Crippen LogP contribution is -2.53. The van der Waals surface area contributed by atoms with Crippen molar-refractivity contribution in [3.8, 4) is 5.75 Å². The predicted octanol–water partition coefficient (Wildman–Crippen LogP) is 1.34. The van der Waals surface area contributed by atoms with Crippen LogP contribution in [0.5, 0.6) is 5.75 Å². The molecule has 2 N–H and O–H groups in total. The SMILES string of the molecule is COC(=O)[C@]1(c2ccccc2)N[C@@H](c2ccc(O)cc2)[C@@H]2C(=O)N(C)C(=O)[C@H]21. The van der Waals surface area contributed by atoms with Gasteiger partial charge in [0.25, 0.3) is 0 Å². The zero-order valence-electron chi connectivity index (χ0n) is 15.5. The van der Waals surface area contributed by atoms with Crippen LogP contribution < -0.4 is 5.32 Å². The number of carbonyl (C=O) groups is 3. The molecule has 2 aliphatic rings. The number of imide groups is 1. The van der Waals surface area contributed by atoms with Gasteiger partial charge in [0.1, 0.15) is 5.75 Å². The predicted molar refractivity (Wildman–Crippen MR) is 98.9 cm³/mol. The van der Waals surface area contributed by atoms with Crippen LogP contribution in [0.3, 0.4) is 0 Å². The molecule has 2 heterocycles. The topological polar surface area (TPSA) is 95.9 Å². The summed E-state index contributed by atoms with van der Waals surface area (Å²) in [5.41, 5.74) is -0.221. The Hall–Kier alpha value is -3.19. The number of hydrogen-bond donors (Lipinski definition) is 2. The van der Waals surface area contributed by atoms with Gasteiger partial charge in [-0.05, 0) is 23.3 Å². The molecule has 0 saturated carbocycles. The van der Waals surface area contributed by atoms with Crippen LogP contribution in [0, 0.1) is 11.8 Å². The van der Waals surface area contributed by atoms with E-state index in [0.29, 0.717) is 11.1 Å². The van der Waals surface area contributed by atoms with E-state index in [9.17, 15) is 19.5 Å². The summed E-state index contributed by atoms with van der Waals surface area (Å²) < 4.78 is 5.10. The molecule has 4 atom stereocenters. The summed E-state index contributed by atoms with van der Waals surface area (Å²) in [5.74, 6) is -2.99. The number of carbonyl (C=O) groups excluding carboxylic acids is 3. The minimum atomic E-state index is -1.49. The van der Waals surface area contributed by atoms with Crippen LogP contribution in [-0.4, -0.2) is 41.9 Å². The van der Waals surface area contributed by atoms with Crippen LogP contribution >= 0.6 is 0 Å². The van der Waals surface area contributed by atoms with Crippen LogP contribution in [0.1, 0.15) is 17.2 Å². The van der Waals surface area contributed by atoms with Gasteiger partial charge in [0.05, 0.1) is 18.9 Å². The van der Waals surface area contributed by atoms with E-state index in [0.717, 1.165) is 4.90 Å². The van der Waals surface area contributed by atoms with Gasteiger partial charge in [-0.25, -0.2) is 4.79 Å². The number of hydrogen-bond acceptors (Lipinski definition) is 6. The number of rotatable bonds is 3. The van der Waals surface area contributed by atoms with E-state index in [4.69, 9.17) is 4.74 Å². The van der Waals surface area contributed by atoms with Crippen LogP contribution in [0.4, 0.5) is 0 Å². The zero-order valence-corrected chi connectivity index (χ0v) is 15.5. The highest BCUT2D eigenvalue weighted by molar-refractivity contribution is 6.09. The van der Waals surface area contributed by atoms with E-state index in [-0.39, 0.29) is 11.7 Å². The summed E-state index contributed by atoms with van der Waals surface area (Å²) in [7, 11) is 2.70. The van der Waals surface area contributed by atoms with E-state index in [1.165, 1.54) is 26.3 Å². The molecule has 7 nitrogen and oxygen atoms in total. The molecule has 2 aromatic carbocycles. The number of methoxy groups -OCH3 is 1. The molecule has 28 heavy (non-hydrogen) atoms. The van der Waals surface area contributed by atoms with Crippen molar-refractivity contribution in [3.05, 3.63) is 65.7 Å². The second kappa shape index (κ2) is 6.45. The van der Waals surface area contributed by atoms with Gasteiger partial charge < -0.3 is 9.84 Å². The van der Waals surface area contributed by atoms with Gasteiger partial charge in [0, 0.05) is 13.1 Å². The van der Waals surface area contributed by atoms with Crippen LogP contribution in [-0.2, 0) is 24.7 Å². The molecule has 0 bridgehead atoms. The fourth-order valence-corrected chi connectivity index (χ4v) is 4.45. The lowest BCUT2D eigenvalue weighted by molar-refractivity contribution is -0.154. The molecule has 0 spiro atoms. The fourth-order valence-electron chi connectivity index (χ4n) is 4.45. The van der Waals surface area contributed by atoms with Gasteiger partial charge in [-0.2, -0.15) is 0 Å². The van der Waals surface area contributed by atoms with Crippen molar-refractivity contribution in [3.63, 3.8) is 0 Å². The van der Waals surface area contributed by atoms with Crippen molar-refractivity contribution in [1.29, 1.82) is 0 Å². The van der Waals surface area contributed by atoms with E-state index >= 15 is 0 Å². The van der Waals surface area contributed by atoms with Gasteiger partial charge in [0.15, 0.2) is 5.54 Å². The molecule has 0 aromatic heterocycles. The van der Waals surface area contributed by atoms with E-state index in [1.54, 1.807) is 36.4 Å². The molecule has 0 aliphatic carbocycles. The first kappa shape index (κ1) is 18.2. The van der Waals surface area contributed by atoms with Crippen molar-refractivity contribution in [2.75, 3.05) is 14.2 Å². The summed E-state index contributed by atoms with van der Waals surface area (Å²) in [4.78, 5) is 40.1. The quantitative estimate of drug-likeness (QED) is 0.616. The molecule has 0 unspecified atom stereocenters. The first-order chi connectivity index (χ1) is 13.4. The number of benzene rings is 2. The highest BCUT2D eigenvalue weighted by Crippen LogP contribution is 2.53. The number of aromatic hydroxyl groups is 1. The van der Waals surface area contributed by atoms with Crippen molar-refractivity contribution in [2.24, 2.45) is 11.8 Å². The zero-order chi connectivity index (χ0) is 20.1. The Kier molecular flexibility index (Phi) is 4.19. The Morgan fingerprint density at radius 2 is 1.71 bits per heavy atom. The first-order valence-corrected chi connectivity index (χ1v) is 8.93. The first-order valence-electron chi connectivity index (χ1n) is 8.93. The molecular weight excluding hydrogens is 360 g/mol. The molecule has 2 fully saturated rings. The Morgan fingerprint density at radius 3 is 2.32 bits per heavy atom. The maximum absolute atomic E-state index is 13.1. The number of fused-ring (bicyclic) bond motifs is 1. The molecule has 2 amide bonds. The van der Waals surface area contributed by atoms with Crippen molar-refractivity contribution < 1.29 is 24.2 Å². The molecule has 7 heteroatoms. The largest absolute Gasteiger partial charge is 0.508 e. The van der Waals surface area contributed by atoms with Crippen LogP contribution in [0.2, 0.25) is 0 Å². The third kappa shape index (κ3) is 2.36. The fraction of sp³-hybridized carbons (Fsp3) is 0.286. The summed E-state index contributed by atoms with van der Waals surface area (Å²) in [6.07, 6.45) is 0. The van der Waals surface area contributed by atoms with Crippen LogP contribution in [0.15, 0.2) is 54.6 Å². The number of nitrogens with one attached hydrogen (secondary N) is 1. The monoisotopic (exact) mass is 380 g/mol. The maximum atomic E-state index is 13.1. The lowest BCUT2D eigenvalue weighted by Gasteiger charge is -2.32. The summed E-state index contributed by atoms with van der Waals surface area (Å²) in [6.45, 7) is 0. The molecule has 4 rings (SSSR count). The van der Waals surface area contributed by atoms with Crippen molar-refractivity contribution >= 4 is 17.8 Å². The van der Waals surface area contributed by atoms with Gasteiger partial charge >= 0.3 is 5.97 Å². The lowest BCUT2D eigenvalue weighted by atomic mass is 9.75. The molecular formula is C21H20N2O5. The molecule has 2 saturated heterocycles. The minimum absolute atomic E-state index is 0.0894. The minimum Gasteiger partial charge on any atom is -0.508 e. The number of esters is 1. The van der Waals surface area contributed by atoms with E-state index < -0.39 is 35.3 Å². The highest BCUT2D eigenvalue weighted by Gasteiger charge is 2.68. The van der Waals surface area contributed by atoms with Gasteiger partial charge in [0.2, 0.25) is 11.8 Å². The average Bonchev–Trinajstić information content (AvgIpc) is 3.19. The number of likely N-dealkylation sites (tertiary alicyclic amines) is 1. The second-order valence-corrected chi connectivity index (χ2v) is 7.12. The maximum Gasteiger partial charge on any atom is 0.331 e. The van der Waals surface area contributed by atoms with Crippen molar-refractivity contribution in [2.45, 2.75) is 11.6 Å². The van der Waals surface area contributed by atoms with E-state index in [1.807, 2.05) is 6.07 Å². The molecule has 144 valence electrons. The van der Waals surface area contributed by atoms with Crippen LogP contribution in [0.25, 0.3) is 0 Å². The smallest absolute Gasteiger partial charge is 0.331 e. The molecule has 2 aromatic rings. The van der Waals surface area contributed by atoms with Gasteiger partial charge in [-0.3, -0.25) is 19.8 Å². The molecule has 0 radical (unpaired) electrons. The van der Waals surface area contributed by atoms with Gasteiger partial charge in [-0.1, -0.05) is 42.5 Å². The number of nitrogens with zero attached hydrogens (tertiary/aromatic N) is 1. The number of phenolic OH excluding ortho intramolecular Hbond substituents is 1. The van der Waals surface area contributed by atoms with Gasteiger partial charge in [-0.15, -0.1) is 0 Å². The summed E-state index contributed by atoms with van der Waals surface area (Å²) in [6, 6.07) is 14.6. The number of amides is 2. The summed E-state index contributed by atoms with van der Waals surface area (Å²) >= 11 is 0. The number of ether oxygens (including phenoxy) is 1.